The zero-order valence-electron chi connectivity index (χ0n) is 12.1. The molecule has 1 aliphatic rings. The number of nitrogens with zero attached hydrogens (tertiary/aromatic N) is 1. The monoisotopic (exact) mass is 289 g/mol. The van der Waals surface area contributed by atoms with Crippen LogP contribution < -0.4 is 15.3 Å². The van der Waals surface area contributed by atoms with Crippen molar-refractivity contribution in [3.8, 4) is 11.5 Å². The van der Waals surface area contributed by atoms with Crippen molar-refractivity contribution in [1.29, 1.82) is 0 Å². The molecule has 0 aliphatic carbocycles. The first-order valence-corrected chi connectivity index (χ1v) is 7.39. The number of rotatable bonds is 3. The highest BCUT2D eigenvalue weighted by Crippen LogP contribution is 2.39. The third-order valence-corrected chi connectivity index (χ3v) is 3.81. The van der Waals surface area contributed by atoms with Crippen LogP contribution in [0.3, 0.4) is 0 Å². The van der Waals surface area contributed by atoms with Gasteiger partial charge in [-0.3, -0.25) is 0 Å². The smallest absolute Gasteiger partial charge is 0.381 e. The first-order chi connectivity index (χ1) is 10.2. The summed E-state index contributed by atoms with van der Waals surface area (Å²) in [4.78, 5) is 14.3. The highest BCUT2D eigenvalue weighted by Gasteiger charge is 2.24. The van der Waals surface area contributed by atoms with E-state index in [9.17, 15) is 9.90 Å². The van der Waals surface area contributed by atoms with Crippen LogP contribution in [0.25, 0.3) is 11.0 Å². The highest BCUT2D eigenvalue weighted by molar-refractivity contribution is 5.98. The maximum Gasteiger partial charge on any atom is 0.381 e. The summed E-state index contributed by atoms with van der Waals surface area (Å²) < 4.78 is 10.8. The van der Waals surface area contributed by atoms with Gasteiger partial charge in [0.2, 0.25) is 5.75 Å². The topological polar surface area (TPSA) is 62.9 Å². The first kappa shape index (κ1) is 13.8. The van der Waals surface area contributed by atoms with E-state index in [1.165, 1.54) is 6.42 Å². The van der Waals surface area contributed by atoms with Crippen LogP contribution in [0.1, 0.15) is 26.2 Å². The van der Waals surface area contributed by atoms with Gasteiger partial charge in [-0.1, -0.05) is 6.07 Å². The van der Waals surface area contributed by atoms with Crippen LogP contribution in [-0.2, 0) is 0 Å². The Morgan fingerprint density at radius 2 is 2.05 bits per heavy atom. The van der Waals surface area contributed by atoms with Crippen molar-refractivity contribution in [3.05, 3.63) is 28.6 Å². The lowest BCUT2D eigenvalue weighted by atomic mass is 10.1. The summed E-state index contributed by atoms with van der Waals surface area (Å²) in [6, 6.07) is 4.96. The van der Waals surface area contributed by atoms with Crippen LogP contribution in [0, 0.1) is 0 Å². The zero-order chi connectivity index (χ0) is 14.8. The van der Waals surface area contributed by atoms with Gasteiger partial charge < -0.3 is 19.2 Å². The second-order valence-corrected chi connectivity index (χ2v) is 5.20. The molecule has 1 fully saturated rings. The number of hydrogen-bond acceptors (Lipinski definition) is 5. The van der Waals surface area contributed by atoms with Gasteiger partial charge >= 0.3 is 5.63 Å². The summed E-state index contributed by atoms with van der Waals surface area (Å²) in [5, 5.41) is 10.8. The summed E-state index contributed by atoms with van der Waals surface area (Å²) in [7, 11) is 0. The third-order valence-electron chi connectivity index (χ3n) is 3.81. The number of fused-ring (bicyclic) bond motifs is 1. The largest absolute Gasteiger partial charge is 0.507 e. The number of ether oxygens (including phenoxy) is 1. The van der Waals surface area contributed by atoms with E-state index in [-0.39, 0.29) is 11.5 Å². The van der Waals surface area contributed by atoms with Crippen LogP contribution >= 0.6 is 0 Å². The van der Waals surface area contributed by atoms with E-state index in [4.69, 9.17) is 9.15 Å². The molecule has 0 amide bonds. The van der Waals surface area contributed by atoms with Crippen molar-refractivity contribution in [3.63, 3.8) is 0 Å². The SMILES string of the molecule is CCOc1c(N2CCCCC2)c2c(O)cccc2oc1=O. The Labute approximate surface area is 122 Å². The predicted molar refractivity (Wildman–Crippen MR) is 81.4 cm³/mol. The predicted octanol–water partition coefficient (Wildman–Crippen LogP) is 2.89. The second-order valence-electron chi connectivity index (χ2n) is 5.20. The van der Waals surface area contributed by atoms with Gasteiger partial charge in [-0.15, -0.1) is 0 Å². The van der Waals surface area contributed by atoms with E-state index < -0.39 is 5.63 Å². The Kier molecular flexibility index (Phi) is 3.73. The molecule has 1 saturated heterocycles. The van der Waals surface area contributed by atoms with E-state index in [2.05, 4.69) is 4.90 Å². The van der Waals surface area contributed by atoms with Gasteiger partial charge in [-0.25, -0.2) is 4.79 Å². The fourth-order valence-electron chi connectivity index (χ4n) is 2.89. The standard InChI is InChI=1S/C16H19NO4/c1-2-20-15-14(17-9-4-3-5-10-17)13-11(18)7-6-8-12(13)21-16(15)19/h6-8,18H,2-5,9-10H2,1H3. The molecule has 21 heavy (non-hydrogen) atoms. The average molecular weight is 289 g/mol. The van der Waals surface area contributed by atoms with E-state index in [1.54, 1.807) is 18.2 Å². The van der Waals surface area contributed by atoms with Gasteiger partial charge in [0.25, 0.3) is 0 Å². The van der Waals surface area contributed by atoms with Crippen LogP contribution in [-0.4, -0.2) is 24.8 Å². The lowest BCUT2D eigenvalue weighted by Crippen LogP contribution is -2.31. The van der Waals surface area contributed by atoms with Gasteiger partial charge in [-0.2, -0.15) is 0 Å². The molecule has 5 heteroatoms. The lowest BCUT2D eigenvalue weighted by Gasteiger charge is -2.30. The number of anilines is 1. The average Bonchev–Trinajstić information content (AvgIpc) is 2.50. The molecule has 3 rings (SSSR count). The Morgan fingerprint density at radius 1 is 1.29 bits per heavy atom. The molecule has 0 atom stereocenters. The minimum absolute atomic E-state index is 0.109. The van der Waals surface area contributed by atoms with Crippen molar-refractivity contribution < 1.29 is 14.3 Å². The Hall–Kier alpha value is -2.17. The molecule has 0 unspecified atom stereocenters. The number of phenolic OH excluding ortho intramolecular Hbond substituents is 1. The maximum atomic E-state index is 12.2. The van der Waals surface area contributed by atoms with Crippen LogP contribution in [0.2, 0.25) is 0 Å². The van der Waals surface area contributed by atoms with E-state index >= 15 is 0 Å². The van der Waals surface area contributed by atoms with E-state index in [1.807, 2.05) is 6.92 Å². The molecule has 1 N–H and O–H groups in total. The van der Waals surface area contributed by atoms with Gasteiger partial charge in [0, 0.05) is 13.1 Å². The Bertz CT molecular complexity index is 701. The quantitative estimate of drug-likeness (QED) is 0.880. The molecule has 1 aliphatic heterocycles. The van der Waals surface area contributed by atoms with Gasteiger partial charge in [0.15, 0.2) is 0 Å². The summed E-state index contributed by atoms with van der Waals surface area (Å²) in [6.45, 7) is 3.92. The molecule has 1 aromatic heterocycles. The van der Waals surface area contributed by atoms with Gasteiger partial charge in [0.05, 0.1) is 12.0 Å². The van der Waals surface area contributed by atoms with Crippen molar-refractivity contribution in [2.75, 3.05) is 24.6 Å². The summed E-state index contributed by atoms with van der Waals surface area (Å²) >= 11 is 0. The molecule has 0 radical (unpaired) electrons. The minimum atomic E-state index is -0.490. The fraction of sp³-hybridized carbons (Fsp3) is 0.438. The number of aromatic hydroxyl groups is 1. The van der Waals surface area contributed by atoms with Crippen molar-refractivity contribution in [2.45, 2.75) is 26.2 Å². The van der Waals surface area contributed by atoms with E-state index in [0.717, 1.165) is 25.9 Å². The van der Waals surface area contributed by atoms with Crippen LogP contribution in [0.5, 0.6) is 11.5 Å². The van der Waals surface area contributed by atoms with Crippen molar-refractivity contribution in [1.82, 2.24) is 0 Å². The van der Waals surface area contributed by atoms with Gasteiger partial charge in [0.1, 0.15) is 17.0 Å². The highest BCUT2D eigenvalue weighted by atomic mass is 16.5. The summed E-state index contributed by atoms with van der Waals surface area (Å²) in [6.07, 6.45) is 3.33. The molecular weight excluding hydrogens is 270 g/mol. The van der Waals surface area contributed by atoms with Crippen molar-refractivity contribution >= 4 is 16.7 Å². The third kappa shape index (κ3) is 2.44. The summed E-state index contributed by atoms with van der Waals surface area (Å²) in [5.74, 6) is 0.311. The number of hydrogen-bond donors (Lipinski definition) is 1. The molecule has 0 bridgehead atoms. The lowest BCUT2D eigenvalue weighted by molar-refractivity contribution is 0.321. The molecule has 1 aromatic carbocycles. The van der Waals surface area contributed by atoms with Gasteiger partial charge in [-0.05, 0) is 38.3 Å². The molecule has 5 nitrogen and oxygen atoms in total. The second kappa shape index (κ2) is 5.68. The molecule has 2 aromatic rings. The number of piperidine rings is 1. The maximum absolute atomic E-state index is 12.2. The first-order valence-electron chi connectivity index (χ1n) is 7.39. The molecular formula is C16H19NO4. The zero-order valence-corrected chi connectivity index (χ0v) is 12.1. The normalized spacial score (nSPS) is 15.4. The molecule has 0 spiro atoms. The molecule has 2 heterocycles. The minimum Gasteiger partial charge on any atom is -0.507 e. The number of phenols is 1. The Morgan fingerprint density at radius 3 is 2.76 bits per heavy atom. The fourth-order valence-corrected chi connectivity index (χ4v) is 2.89. The molecule has 112 valence electrons. The van der Waals surface area contributed by atoms with E-state index in [0.29, 0.717) is 23.3 Å². The van der Waals surface area contributed by atoms with Crippen LogP contribution in [0.4, 0.5) is 5.69 Å². The van der Waals surface area contributed by atoms with Crippen LogP contribution in [0.15, 0.2) is 27.4 Å². The molecule has 0 saturated carbocycles. The summed E-state index contributed by atoms with van der Waals surface area (Å²) in [5.41, 5.74) is 0.570. The van der Waals surface area contributed by atoms with Crippen molar-refractivity contribution in [2.24, 2.45) is 0 Å². The number of benzene rings is 1. The Balaban J connectivity index is 2.29.